The van der Waals surface area contributed by atoms with Crippen molar-refractivity contribution in [2.45, 2.75) is 46.8 Å². The van der Waals surface area contributed by atoms with Crippen LogP contribution in [-0.4, -0.2) is 55.9 Å². The van der Waals surface area contributed by atoms with Gasteiger partial charge in [0.25, 0.3) is 11.5 Å². The maximum Gasteiger partial charge on any atom is 0.271 e. The first-order valence-corrected chi connectivity index (χ1v) is 14.9. The first-order valence-electron chi connectivity index (χ1n) is 13.7. The third kappa shape index (κ3) is 5.91. The van der Waals surface area contributed by atoms with E-state index in [1.807, 2.05) is 27.7 Å². The fraction of sp³-hybridized carbons (Fsp3) is 0.387. The summed E-state index contributed by atoms with van der Waals surface area (Å²) in [5.41, 5.74) is 1.92. The number of thiazole rings is 1. The van der Waals surface area contributed by atoms with E-state index in [1.165, 1.54) is 18.4 Å². The fourth-order valence-corrected chi connectivity index (χ4v) is 6.26. The monoisotopic (exact) mass is 613 g/mol. The molecule has 0 N–H and O–H groups in total. The summed E-state index contributed by atoms with van der Waals surface area (Å²) in [6.45, 7) is 10.5. The molecule has 0 saturated heterocycles. The van der Waals surface area contributed by atoms with Crippen LogP contribution in [0.5, 0.6) is 23.0 Å². The first-order chi connectivity index (χ1) is 20.1. The molecule has 0 unspecified atom stereocenters. The number of fused-ring (bicyclic) bond motifs is 1. The van der Waals surface area contributed by atoms with Crippen LogP contribution in [0.1, 0.15) is 51.8 Å². The SMILES string of the molecule is CCN(CC)C(=O)C1=C(C)N=c2s/c(=C/c3cc(Cl)c(OC(C)C)c(OC)c3)c(=O)n2[C@@H]1c1cc(OC)ccc1OC. The number of carbonyl (C=O) groups excluding carboxylic acids is 1. The van der Waals surface area contributed by atoms with E-state index in [-0.39, 0.29) is 17.6 Å². The second kappa shape index (κ2) is 13.0. The van der Waals surface area contributed by atoms with E-state index in [9.17, 15) is 9.59 Å². The summed E-state index contributed by atoms with van der Waals surface area (Å²) in [7, 11) is 4.66. The predicted molar refractivity (Wildman–Crippen MR) is 165 cm³/mol. The van der Waals surface area contributed by atoms with Gasteiger partial charge in [0.15, 0.2) is 16.3 Å². The molecule has 9 nitrogen and oxygen atoms in total. The van der Waals surface area contributed by atoms with Gasteiger partial charge in [-0.1, -0.05) is 22.9 Å². The van der Waals surface area contributed by atoms with Crippen LogP contribution in [0.2, 0.25) is 5.02 Å². The third-order valence-electron chi connectivity index (χ3n) is 6.94. The lowest BCUT2D eigenvalue weighted by Crippen LogP contribution is -2.43. The molecule has 1 amide bonds. The molecule has 224 valence electrons. The summed E-state index contributed by atoms with van der Waals surface area (Å²) >= 11 is 7.79. The van der Waals surface area contributed by atoms with Gasteiger partial charge in [-0.25, -0.2) is 4.99 Å². The van der Waals surface area contributed by atoms with Gasteiger partial charge >= 0.3 is 0 Å². The molecule has 2 heterocycles. The zero-order valence-corrected chi connectivity index (χ0v) is 26.7. The van der Waals surface area contributed by atoms with E-state index in [0.29, 0.717) is 72.8 Å². The molecule has 1 aliphatic heterocycles. The van der Waals surface area contributed by atoms with Crippen LogP contribution >= 0.6 is 22.9 Å². The lowest BCUT2D eigenvalue weighted by atomic mass is 9.93. The van der Waals surface area contributed by atoms with Crippen molar-refractivity contribution >= 4 is 34.9 Å². The van der Waals surface area contributed by atoms with Crippen molar-refractivity contribution in [3.63, 3.8) is 0 Å². The Kier molecular flexibility index (Phi) is 9.68. The molecule has 0 spiro atoms. The van der Waals surface area contributed by atoms with Gasteiger partial charge in [-0.3, -0.25) is 14.2 Å². The number of likely N-dealkylation sites (N-methyl/N-ethyl adjacent to an activating group) is 1. The second-order valence-corrected chi connectivity index (χ2v) is 11.3. The van der Waals surface area contributed by atoms with E-state index in [1.54, 1.807) is 67.0 Å². The van der Waals surface area contributed by atoms with Gasteiger partial charge in [0.2, 0.25) is 0 Å². The summed E-state index contributed by atoms with van der Waals surface area (Å²) < 4.78 is 24.6. The molecule has 0 aliphatic carbocycles. The quantitative estimate of drug-likeness (QED) is 0.333. The molecular formula is C31H36ClN3O6S. The topological polar surface area (TPSA) is 91.6 Å². The number of benzene rings is 2. The Balaban J connectivity index is 1.99. The van der Waals surface area contributed by atoms with Crippen LogP contribution < -0.4 is 33.8 Å². The Morgan fingerprint density at radius 1 is 1.10 bits per heavy atom. The van der Waals surface area contributed by atoms with Crippen LogP contribution in [0.3, 0.4) is 0 Å². The summed E-state index contributed by atoms with van der Waals surface area (Å²) in [4.78, 5) is 35.0. The number of ether oxygens (including phenoxy) is 4. The second-order valence-electron chi connectivity index (χ2n) is 9.87. The van der Waals surface area contributed by atoms with Gasteiger partial charge in [-0.2, -0.15) is 0 Å². The van der Waals surface area contributed by atoms with Gasteiger partial charge in [0.05, 0.1) is 48.3 Å². The lowest BCUT2D eigenvalue weighted by Gasteiger charge is -2.30. The molecule has 0 saturated carbocycles. The number of aromatic nitrogens is 1. The molecule has 0 radical (unpaired) electrons. The van der Waals surface area contributed by atoms with Crippen molar-refractivity contribution in [3.8, 4) is 23.0 Å². The molecule has 42 heavy (non-hydrogen) atoms. The minimum atomic E-state index is -0.790. The van der Waals surface area contributed by atoms with Crippen LogP contribution in [0.4, 0.5) is 0 Å². The van der Waals surface area contributed by atoms with Crippen molar-refractivity contribution in [1.29, 1.82) is 0 Å². The number of methoxy groups -OCH3 is 3. The summed E-state index contributed by atoms with van der Waals surface area (Å²) in [5.74, 6) is 1.79. The van der Waals surface area contributed by atoms with E-state index in [4.69, 9.17) is 35.5 Å². The number of hydrogen-bond donors (Lipinski definition) is 0. The van der Waals surface area contributed by atoms with Crippen molar-refractivity contribution in [3.05, 3.63) is 77.4 Å². The van der Waals surface area contributed by atoms with E-state index >= 15 is 0 Å². The molecule has 0 fully saturated rings. The molecule has 3 aromatic rings. The zero-order valence-electron chi connectivity index (χ0n) is 25.1. The highest BCUT2D eigenvalue weighted by Gasteiger charge is 2.36. The number of hydrogen-bond acceptors (Lipinski definition) is 8. The van der Waals surface area contributed by atoms with Crippen LogP contribution in [0, 0.1) is 0 Å². The van der Waals surface area contributed by atoms with Crippen molar-refractivity contribution in [1.82, 2.24) is 9.47 Å². The minimum absolute atomic E-state index is 0.101. The number of nitrogens with zero attached hydrogens (tertiary/aromatic N) is 3. The van der Waals surface area contributed by atoms with Crippen molar-refractivity contribution < 1.29 is 23.7 Å². The van der Waals surface area contributed by atoms with Gasteiger partial charge in [0, 0.05) is 18.7 Å². The average molecular weight is 614 g/mol. The number of allylic oxidation sites excluding steroid dienone is 1. The number of carbonyl (C=O) groups is 1. The normalized spacial score (nSPS) is 14.9. The Labute approximate surface area is 254 Å². The summed E-state index contributed by atoms with van der Waals surface area (Å²) in [6, 6.07) is 8.05. The largest absolute Gasteiger partial charge is 0.497 e. The highest BCUT2D eigenvalue weighted by molar-refractivity contribution is 7.07. The smallest absolute Gasteiger partial charge is 0.271 e. The molecule has 1 aliphatic rings. The third-order valence-corrected chi connectivity index (χ3v) is 8.20. The van der Waals surface area contributed by atoms with Crippen molar-refractivity contribution in [2.75, 3.05) is 34.4 Å². The summed E-state index contributed by atoms with van der Waals surface area (Å²) in [5, 5.41) is 0.365. The predicted octanol–water partition coefficient (Wildman–Crippen LogP) is 4.57. The maximum absolute atomic E-state index is 14.2. The van der Waals surface area contributed by atoms with Crippen LogP contribution in [0.15, 0.2) is 51.4 Å². The highest BCUT2D eigenvalue weighted by Crippen LogP contribution is 2.39. The average Bonchev–Trinajstić information content (AvgIpc) is 3.27. The first kappa shape index (κ1) is 31.2. The molecule has 4 rings (SSSR count). The van der Waals surface area contributed by atoms with Gasteiger partial charge in [-0.05, 0) is 76.6 Å². The van der Waals surface area contributed by atoms with Crippen LogP contribution in [0.25, 0.3) is 6.08 Å². The number of amides is 1. The molecular weight excluding hydrogens is 578 g/mol. The van der Waals surface area contributed by atoms with Gasteiger partial charge in [-0.15, -0.1) is 0 Å². The number of halogens is 1. The zero-order chi connectivity index (χ0) is 30.7. The van der Waals surface area contributed by atoms with E-state index in [0.717, 1.165) is 0 Å². The van der Waals surface area contributed by atoms with E-state index < -0.39 is 6.04 Å². The number of rotatable bonds is 10. The fourth-order valence-electron chi connectivity index (χ4n) is 4.95. The molecule has 0 bridgehead atoms. The molecule has 1 atom stereocenters. The standard InChI is InChI=1S/C31H36ClN3O6S/c1-9-34(10-2)30(37)26-18(5)33-31-35(27(26)21-16-20(38-6)11-12-23(21)39-7)29(36)25(42-31)15-19-13-22(32)28(41-17(3)4)24(14-19)40-8/h11-17,27H,9-10H2,1-8H3/b25-15+/t27-/m1/s1. The lowest BCUT2D eigenvalue weighted by molar-refractivity contribution is -0.127. The minimum Gasteiger partial charge on any atom is -0.497 e. The molecule has 11 heteroatoms. The van der Waals surface area contributed by atoms with Crippen LogP contribution in [-0.2, 0) is 4.79 Å². The Hall–Kier alpha value is -3.76. The molecule has 2 aromatic carbocycles. The van der Waals surface area contributed by atoms with E-state index in [2.05, 4.69) is 0 Å². The van der Waals surface area contributed by atoms with Gasteiger partial charge < -0.3 is 23.8 Å². The Morgan fingerprint density at radius 2 is 1.79 bits per heavy atom. The maximum atomic E-state index is 14.2. The Bertz CT molecular complexity index is 1700. The van der Waals surface area contributed by atoms with Gasteiger partial charge in [0.1, 0.15) is 17.5 Å². The highest BCUT2D eigenvalue weighted by atomic mass is 35.5. The molecule has 1 aromatic heterocycles. The van der Waals surface area contributed by atoms with Crippen molar-refractivity contribution in [2.24, 2.45) is 4.99 Å². The summed E-state index contributed by atoms with van der Waals surface area (Å²) in [6.07, 6.45) is 1.64. The Morgan fingerprint density at radius 3 is 2.38 bits per heavy atom.